The molecule has 0 radical (unpaired) electrons. The van der Waals surface area contributed by atoms with Crippen LogP contribution in [0.3, 0.4) is 0 Å². The van der Waals surface area contributed by atoms with Gasteiger partial charge in [-0.15, -0.1) is 0 Å². The smallest absolute Gasteiger partial charge is 0.181 e. The van der Waals surface area contributed by atoms with Gasteiger partial charge in [-0.3, -0.25) is 35.1 Å². The average Bonchev–Trinajstić information content (AvgIpc) is 1.64. The lowest BCUT2D eigenvalue weighted by atomic mass is 10.1. The summed E-state index contributed by atoms with van der Waals surface area (Å²) in [6.45, 7) is 16.8. The lowest BCUT2D eigenvalue weighted by molar-refractivity contribution is 0.313. The zero-order chi connectivity index (χ0) is 69.5. The number of nitrogens with zero attached hydrogens (tertiary/aromatic N) is 20. The second kappa shape index (κ2) is 28.2. The van der Waals surface area contributed by atoms with Crippen molar-refractivity contribution in [2.24, 2.45) is 0 Å². The fourth-order valence-corrected chi connectivity index (χ4v) is 14.4. The molecule has 0 unspecified atom stereocenters. The van der Waals surface area contributed by atoms with E-state index in [9.17, 15) is 0 Å². The number of rotatable bonds is 13. The second-order valence-corrected chi connectivity index (χ2v) is 27.9. The molecule has 103 heavy (non-hydrogen) atoms. The minimum atomic E-state index is 0.666. The summed E-state index contributed by atoms with van der Waals surface area (Å²) < 4.78 is 0. The first-order chi connectivity index (χ1) is 50.5. The Bertz CT molecular complexity index is 5480. The van der Waals surface area contributed by atoms with Crippen LogP contribution in [0.25, 0.3) is 134 Å². The summed E-state index contributed by atoms with van der Waals surface area (Å²) in [5.41, 5.74) is 22.6. The van der Waals surface area contributed by atoms with Crippen molar-refractivity contribution < 1.29 is 0 Å². The van der Waals surface area contributed by atoms with Crippen molar-refractivity contribution in [3.05, 3.63) is 164 Å². The molecule has 6 N–H and O–H groups in total. The van der Waals surface area contributed by atoms with Crippen LogP contribution in [0.15, 0.2) is 153 Å². The highest BCUT2D eigenvalue weighted by Gasteiger charge is 2.23. The minimum Gasteiger partial charge on any atom is -0.369 e. The SMILES string of the molecule is CN(C)Cc1cncc(-c2cnc3n[nH]c(-c4nc5ccc(N6CCN(C)CC6)cc5[nH]4)c3c2)c1.CN1CCN(c2ccc3nc(-c4[nH]nc5ncc(-c6cccnc6)cc45)[nH]c3c2)CC1.CN1CCN(c2ccc3nc(-c4[nH]nc5ncc(-c6cncc(CN7CCCC7)c6)cc45)[nH]c3c2)CC1. The second-order valence-electron chi connectivity index (χ2n) is 27.9. The number of aromatic nitrogens is 18. The number of anilines is 3. The van der Waals surface area contributed by atoms with E-state index in [0.717, 1.165) is 214 Å². The van der Waals surface area contributed by atoms with E-state index in [0.29, 0.717) is 16.9 Å². The molecule has 19 rings (SSSR count). The van der Waals surface area contributed by atoms with Crippen LogP contribution in [0.4, 0.5) is 17.1 Å². The highest BCUT2D eigenvalue weighted by Crippen LogP contribution is 2.35. The van der Waals surface area contributed by atoms with Gasteiger partial charge in [0.15, 0.2) is 34.4 Å². The van der Waals surface area contributed by atoms with Gasteiger partial charge in [0.2, 0.25) is 0 Å². The lowest BCUT2D eigenvalue weighted by Crippen LogP contribution is -2.44. The molecule has 16 heterocycles. The average molecular weight is 1370 g/mol. The molecule has 0 saturated carbocycles. The molecule has 0 amide bonds. The summed E-state index contributed by atoms with van der Waals surface area (Å²) in [4.78, 5) is 71.0. The molecule has 0 bridgehead atoms. The van der Waals surface area contributed by atoms with Gasteiger partial charge in [-0.1, -0.05) is 6.07 Å². The number of aromatic amines is 6. The van der Waals surface area contributed by atoms with E-state index in [2.05, 4.69) is 235 Å². The van der Waals surface area contributed by atoms with Crippen LogP contribution in [0, 0.1) is 0 Å². The zero-order valence-electron chi connectivity index (χ0n) is 58.6. The number of pyridine rings is 6. The van der Waals surface area contributed by atoms with E-state index >= 15 is 0 Å². The lowest BCUT2D eigenvalue weighted by Gasteiger charge is -2.34. The molecule has 0 aliphatic carbocycles. The largest absolute Gasteiger partial charge is 0.369 e. The molecule has 4 aliphatic heterocycles. The van der Waals surface area contributed by atoms with Crippen molar-refractivity contribution in [3.8, 4) is 67.9 Å². The van der Waals surface area contributed by atoms with Crippen molar-refractivity contribution >= 4 is 83.3 Å². The number of nitrogens with one attached hydrogen (secondary N) is 6. The van der Waals surface area contributed by atoms with Gasteiger partial charge in [0.05, 0.1) is 49.3 Å². The van der Waals surface area contributed by atoms with E-state index in [4.69, 9.17) is 15.0 Å². The third-order valence-corrected chi connectivity index (χ3v) is 20.3. The van der Waals surface area contributed by atoms with E-state index in [1.807, 2.05) is 61.7 Å². The first-order valence-electron chi connectivity index (χ1n) is 35.5. The van der Waals surface area contributed by atoms with Crippen LogP contribution in [0.5, 0.6) is 0 Å². The highest BCUT2D eigenvalue weighted by atomic mass is 15.3. The Labute approximate surface area is 594 Å². The molecule has 15 aromatic rings. The fraction of sp³-hybridized carbons (Fsp3) is 0.299. The van der Waals surface area contributed by atoms with E-state index in [1.165, 1.54) is 48.6 Å². The maximum atomic E-state index is 4.88. The minimum absolute atomic E-state index is 0.666. The molecule has 0 spiro atoms. The molecule has 520 valence electrons. The van der Waals surface area contributed by atoms with Crippen molar-refractivity contribution in [3.63, 3.8) is 0 Å². The Balaban J connectivity index is 0.000000115. The molecule has 4 saturated heterocycles. The van der Waals surface area contributed by atoms with Crippen LogP contribution >= 0.6 is 0 Å². The van der Waals surface area contributed by atoms with Crippen molar-refractivity contribution in [2.75, 3.05) is 142 Å². The van der Waals surface area contributed by atoms with E-state index in [1.54, 1.807) is 6.20 Å². The van der Waals surface area contributed by atoms with Gasteiger partial charge in [-0.2, -0.15) is 15.3 Å². The van der Waals surface area contributed by atoms with Gasteiger partial charge in [0.25, 0.3) is 0 Å². The number of likely N-dealkylation sites (tertiary alicyclic amines) is 1. The Kier molecular flexibility index (Phi) is 17.8. The van der Waals surface area contributed by atoms with Crippen molar-refractivity contribution in [1.82, 2.24) is 115 Å². The summed E-state index contributed by atoms with van der Waals surface area (Å²) in [5, 5.41) is 25.5. The van der Waals surface area contributed by atoms with E-state index < -0.39 is 0 Å². The van der Waals surface area contributed by atoms with Gasteiger partial charge < -0.3 is 49.3 Å². The third kappa shape index (κ3) is 13.8. The number of H-pyrrole nitrogens is 6. The topological polar surface area (TPSA) is 275 Å². The molecule has 26 heteroatoms. The highest BCUT2D eigenvalue weighted by molar-refractivity contribution is 5.97. The number of hydrogen-bond donors (Lipinski definition) is 6. The van der Waals surface area contributed by atoms with Crippen LogP contribution in [-0.2, 0) is 13.1 Å². The Hall–Kier alpha value is -11.4. The summed E-state index contributed by atoms with van der Waals surface area (Å²) >= 11 is 0. The standard InChI is InChI=1S/C28H31N9.C26H29N9.C23H22N8/c1-35-8-10-37(11-9-35)22-4-5-24-25(14-22)32-28(31-24)26-23-13-21(17-30-27(23)34-33-26)20-12-19(15-29-16-20)18-36-6-2-3-7-36;1-33(2)16-17-10-18(14-27-13-17)19-11-21-24(31-32-25(21)28-15-19)26-29-22-5-4-20(12-23(22)30-26)35-8-6-34(3)7-9-35;1-30-7-9-31(10-8-30)17-4-5-19-20(12-17)27-23(26-19)21-18-11-16(14-25-22(18)29-28-21)15-3-2-6-24-13-15/h4-5,12-17H,2-3,6-11,18H2,1H3,(H,31,32)(H,30,33,34);4-5,10-15H,6-9,16H2,1-3H3,(H,29,30)(H,28,31,32);2-6,11-14H,7-10H2,1H3,(H,26,27)(H,25,28,29). The molecule has 0 atom stereocenters. The zero-order valence-corrected chi connectivity index (χ0v) is 58.6. The van der Waals surface area contributed by atoms with Gasteiger partial charge in [0, 0.05) is 198 Å². The molecular weight excluding hydrogens is 1290 g/mol. The Morgan fingerprint density at radius 1 is 0.379 bits per heavy atom. The Morgan fingerprint density at radius 2 is 0.757 bits per heavy atom. The molecule has 26 nitrogen and oxygen atoms in total. The number of imidazole rings is 3. The van der Waals surface area contributed by atoms with Gasteiger partial charge in [-0.25, -0.2) is 29.9 Å². The number of piperazine rings is 3. The maximum Gasteiger partial charge on any atom is 0.181 e. The fourth-order valence-electron chi connectivity index (χ4n) is 14.4. The van der Waals surface area contributed by atoms with Crippen LogP contribution in [0.2, 0.25) is 0 Å². The summed E-state index contributed by atoms with van der Waals surface area (Å²) in [5.74, 6) is 2.29. The number of hydrogen-bond acceptors (Lipinski definition) is 20. The van der Waals surface area contributed by atoms with E-state index in [-0.39, 0.29) is 0 Å². The number of benzene rings is 3. The van der Waals surface area contributed by atoms with Gasteiger partial charge >= 0.3 is 0 Å². The predicted molar refractivity (Wildman–Crippen MR) is 408 cm³/mol. The quantitative estimate of drug-likeness (QED) is 0.0626. The van der Waals surface area contributed by atoms with Crippen LogP contribution < -0.4 is 14.7 Å². The maximum absolute atomic E-state index is 4.88. The summed E-state index contributed by atoms with van der Waals surface area (Å²) in [6.07, 6.45) is 19.4. The number of fused-ring (bicyclic) bond motifs is 6. The summed E-state index contributed by atoms with van der Waals surface area (Å²) in [6, 6.07) is 34.0. The first-order valence-corrected chi connectivity index (χ1v) is 35.5. The monoisotopic (exact) mass is 1370 g/mol. The first kappa shape index (κ1) is 64.9. The molecule has 3 aromatic carbocycles. The third-order valence-electron chi connectivity index (χ3n) is 20.3. The van der Waals surface area contributed by atoms with Gasteiger partial charge in [0.1, 0.15) is 17.1 Å². The van der Waals surface area contributed by atoms with Crippen LogP contribution in [-0.4, -0.2) is 242 Å². The van der Waals surface area contributed by atoms with Crippen molar-refractivity contribution in [1.29, 1.82) is 0 Å². The summed E-state index contributed by atoms with van der Waals surface area (Å²) in [7, 11) is 10.6. The predicted octanol–water partition coefficient (Wildman–Crippen LogP) is 10.6. The van der Waals surface area contributed by atoms with Crippen molar-refractivity contribution in [2.45, 2.75) is 25.9 Å². The normalized spacial score (nSPS) is 15.9. The number of likely N-dealkylation sites (N-methyl/N-ethyl adjacent to an activating group) is 3. The molecule has 4 fully saturated rings. The molecular formula is C77H82N26. The van der Waals surface area contributed by atoms with Crippen LogP contribution in [0.1, 0.15) is 24.0 Å². The Morgan fingerprint density at radius 3 is 1.16 bits per heavy atom. The van der Waals surface area contributed by atoms with Gasteiger partial charge in [-0.05, 0) is 163 Å². The molecule has 12 aromatic heterocycles. The molecule has 4 aliphatic rings.